The Bertz CT molecular complexity index is 816. The van der Waals surface area contributed by atoms with E-state index in [1.165, 1.54) is 0 Å². The number of nitrogens with zero attached hydrogens (tertiary/aromatic N) is 4. The van der Waals surface area contributed by atoms with Crippen molar-refractivity contribution in [1.82, 2.24) is 20.3 Å². The van der Waals surface area contributed by atoms with Gasteiger partial charge in [0.1, 0.15) is 0 Å². The van der Waals surface area contributed by atoms with Crippen LogP contribution in [0, 0.1) is 0 Å². The maximum atomic E-state index is 6.37. The first kappa shape index (κ1) is 13.4. The number of hydrogen-bond donors (Lipinski definition) is 1. The van der Waals surface area contributed by atoms with Crippen LogP contribution in [0.5, 0.6) is 0 Å². The third kappa shape index (κ3) is 2.00. The fraction of sp³-hybridized carbons (Fsp3) is 0.467. The third-order valence-corrected chi connectivity index (χ3v) is 4.35. The molecule has 1 fully saturated rings. The maximum Gasteiger partial charge on any atom is 0.259 e. The van der Waals surface area contributed by atoms with Crippen LogP contribution in [0.2, 0.25) is 0 Å². The van der Waals surface area contributed by atoms with Gasteiger partial charge in [-0.1, -0.05) is 30.1 Å². The zero-order chi connectivity index (χ0) is 15.2. The summed E-state index contributed by atoms with van der Waals surface area (Å²) in [5, 5.41) is 8.96. The Morgan fingerprint density at radius 1 is 1.23 bits per heavy atom. The second-order valence-electron chi connectivity index (χ2n) is 5.85. The molecule has 7 nitrogen and oxygen atoms in total. The molecule has 1 aliphatic carbocycles. The summed E-state index contributed by atoms with van der Waals surface area (Å²) in [5.41, 5.74) is 8.06. The molecule has 0 aromatic carbocycles. The molecule has 0 aliphatic heterocycles. The summed E-state index contributed by atoms with van der Waals surface area (Å²) in [6.07, 6.45) is 6.44. The molecule has 3 aromatic rings. The zero-order valence-corrected chi connectivity index (χ0v) is 12.4. The van der Waals surface area contributed by atoms with E-state index in [9.17, 15) is 0 Å². The molecule has 3 heterocycles. The molecule has 114 valence electrons. The van der Waals surface area contributed by atoms with Gasteiger partial charge in [-0.15, -0.1) is 0 Å². The van der Waals surface area contributed by atoms with Crippen LogP contribution in [0.3, 0.4) is 0 Å². The van der Waals surface area contributed by atoms with Crippen molar-refractivity contribution >= 4 is 11.1 Å². The van der Waals surface area contributed by atoms with Crippen LogP contribution in [0.15, 0.2) is 21.3 Å². The quantitative estimate of drug-likeness (QED) is 0.792. The minimum absolute atomic E-state index is 0.435. The molecular weight excluding hydrogens is 282 g/mol. The first-order valence-electron chi connectivity index (χ1n) is 7.57. The largest absolute Gasteiger partial charge is 0.336 e. The molecule has 22 heavy (non-hydrogen) atoms. The highest BCUT2D eigenvalue weighted by molar-refractivity contribution is 5.80. The predicted molar refractivity (Wildman–Crippen MR) is 78.8 cm³/mol. The van der Waals surface area contributed by atoms with Gasteiger partial charge in [0.15, 0.2) is 5.82 Å². The molecular formula is C15H17N5O2. The van der Waals surface area contributed by atoms with E-state index in [0.717, 1.165) is 48.7 Å². The summed E-state index contributed by atoms with van der Waals surface area (Å²) in [7, 11) is 0. The van der Waals surface area contributed by atoms with E-state index in [1.807, 2.05) is 13.0 Å². The first-order chi connectivity index (χ1) is 10.7. The summed E-state index contributed by atoms with van der Waals surface area (Å²) < 4.78 is 10.6. The van der Waals surface area contributed by atoms with Gasteiger partial charge in [0, 0.05) is 6.20 Å². The van der Waals surface area contributed by atoms with Crippen molar-refractivity contribution < 1.29 is 9.05 Å². The van der Waals surface area contributed by atoms with E-state index in [2.05, 4.69) is 20.3 Å². The van der Waals surface area contributed by atoms with Crippen LogP contribution in [0.25, 0.3) is 22.6 Å². The van der Waals surface area contributed by atoms with Crippen LogP contribution in [0.1, 0.15) is 44.1 Å². The molecule has 1 aliphatic rings. The van der Waals surface area contributed by atoms with Crippen molar-refractivity contribution in [2.45, 2.75) is 44.6 Å². The van der Waals surface area contributed by atoms with E-state index in [-0.39, 0.29) is 0 Å². The highest BCUT2D eigenvalue weighted by Gasteiger charge is 2.36. The fourth-order valence-corrected chi connectivity index (χ4v) is 3.02. The fourth-order valence-electron chi connectivity index (χ4n) is 3.02. The van der Waals surface area contributed by atoms with Gasteiger partial charge in [-0.25, -0.2) is 4.98 Å². The first-order valence-corrected chi connectivity index (χ1v) is 7.57. The van der Waals surface area contributed by atoms with Crippen molar-refractivity contribution in [2.24, 2.45) is 5.73 Å². The van der Waals surface area contributed by atoms with E-state index in [1.54, 1.807) is 6.20 Å². The molecule has 1 saturated carbocycles. The van der Waals surface area contributed by atoms with Crippen LogP contribution in [-0.4, -0.2) is 20.3 Å². The zero-order valence-electron chi connectivity index (χ0n) is 12.4. The SMILES string of the molecule is CCc1noc2ncc(-c3nc(C4(N)CCCC4)no3)cc12. The van der Waals surface area contributed by atoms with Crippen molar-refractivity contribution in [3.8, 4) is 11.5 Å². The topological polar surface area (TPSA) is 104 Å². The van der Waals surface area contributed by atoms with E-state index in [0.29, 0.717) is 17.4 Å². The normalized spacial score (nSPS) is 17.4. The lowest BCUT2D eigenvalue weighted by molar-refractivity contribution is 0.372. The van der Waals surface area contributed by atoms with Gasteiger partial charge in [-0.3, -0.25) is 0 Å². The molecule has 0 unspecified atom stereocenters. The van der Waals surface area contributed by atoms with Crippen LogP contribution >= 0.6 is 0 Å². The molecule has 0 saturated heterocycles. The molecule has 3 aromatic heterocycles. The van der Waals surface area contributed by atoms with Crippen molar-refractivity contribution in [1.29, 1.82) is 0 Å². The Labute approximate surface area is 126 Å². The molecule has 4 rings (SSSR count). The van der Waals surface area contributed by atoms with Crippen LogP contribution < -0.4 is 5.73 Å². The highest BCUT2D eigenvalue weighted by Crippen LogP contribution is 2.35. The number of fused-ring (bicyclic) bond motifs is 1. The average Bonchev–Trinajstić information content (AvgIpc) is 3.25. The van der Waals surface area contributed by atoms with Gasteiger partial charge in [-0.2, -0.15) is 4.98 Å². The molecule has 0 amide bonds. The second-order valence-corrected chi connectivity index (χ2v) is 5.85. The van der Waals surface area contributed by atoms with Crippen LogP contribution in [0.4, 0.5) is 0 Å². The molecule has 0 spiro atoms. The summed E-state index contributed by atoms with van der Waals surface area (Å²) in [6.45, 7) is 2.02. The Morgan fingerprint density at radius 3 is 2.82 bits per heavy atom. The smallest absolute Gasteiger partial charge is 0.259 e. The monoisotopic (exact) mass is 299 g/mol. The van der Waals surface area contributed by atoms with E-state index < -0.39 is 5.54 Å². The lowest BCUT2D eigenvalue weighted by atomic mass is 9.99. The standard InChI is InChI=1S/C15H17N5O2/c1-2-11-10-7-9(8-17-13(10)22-19-11)12-18-14(20-21-12)15(16)5-3-4-6-15/h7-8H,2-6,16H2,1H3. The Morgan fingerprint density at radius 2 is 2.05 bits per heavy atom. The van der Waals surface area contributed by atoms with Gasteiger partial charge in [0.2, 0.25) is 0 Å². The van der Waals surface area contributed by atoms with Crippen molar-refractivity contribution in [2.75, 3.05) is 0 Å². The number of pyridine rings is 1. The third-order valence-electron chi connectivity index (χ3n) is 4.35. The van der Waals surface area contributed by atoms with Gasteiger partial charge in [0.25, 0.3) is 11.6 Å². The number of hydrogen-bond acceptors (Lipinski definition) is 7. The van der Waals surface area contributed by atoms with Crippen molar-refractivity contribution in [3.05, 3.63) is 23.8 Å². The van der Waals surface area contributed by atoms with Crippen molar-refractivity contribution in [3.63, 3.8) is 0 Å². The maximum absolute atomic E-state index is 6.37. The molecule has 0 bridgehead atoms. The number of aromatic nitrogens is 4. The summed E-state index contributed by atoms with van der Waals surface area (Å²) >= 11 is 0. The lowest BCUT2D eigenvalue weighted by Gasteiger charge is -2.17. The minimum Gasteiger partial charge on any atom is -0.336 e. The minimum atomic E-state index is -0.453. The number of nitrogens with two attached hydrogens (primary N) is 1. The average molecular weight is 299 g/mol. The van der Waals surface area contributed by atoms with E-state index >= 15 is 0 Å². The highest BCUT2D eigenvalue weighted by atomic mass is 16.5. The second kappa shape index (κ2) is 4.88. The predicted octanol–water partition coefficient (Wildman–Crippen LogP) is 2.56. The van der Waals surface area contributed by atoms with Gasteiger partial charge in [-0.05, 0) is 25.3 Å². The number of aryl methyl sites for hydroxylation is 1. The molecule has 7 heteroatoms. The molecule has 0 radical (unpaired) electrons. The molecule has 2 N–H and O–H groups in total. The Hall–Kier alpha value is -2.28. The molecule has 0 atom stereocenters. The lowest BCUT2D eigenvalue weighted by Crippen LogP contribution is -2.34. The number of rotatable bonds is 3. The van der Waals surface area contributed by atoms with Gasteiger partial charge >= 0.3 is 0 Å². The Kier molecular flexibility index (Phi) is 2.97. The summed E-state index contributed by atoms with van der Waals surface area (Å²) in [5.74, 6) is 1.02. The summed E-state index contributed by atoms with van der Waals surface area (Å²) in [4.78, 5) is 8.75. The van der Waals surface area contributed by atoms with E-state index in [4.69, 9.17) is 14.8 Å². The van der Waals surface area contributed by atoms with Gasteiger partial charge in [0.05, 0.1) is 22.2 Å². The van der Waals surface area contributed by atoms with Crippen LogP contribution in [-0.2, 0) is 12.0 Å². The summed E-state index contributed by atoms with van der Waals surface area (Å²) in [6, 6.07) is 1.92. The Balaban J connectivity index is 1.74. The van der Waals surface area contributed by atoms with Gasteiger partial charge < -0.3 is 14.8 Å².